The Morgan fingerprint density at radius 2 is 1.65 bits per heavy atom. The molecule has 7 nitrogen and oxygen atoms in total. The van der Waals surface area contributed by atoms with Gasteiger partial charge in [0, 0.05) is 0 Å². The van der Waals surface area contributed by atoms with Crippen LogP contribution in [0, 0.1) is 16.7 Å². The molecule has 2 atom stereocenters. The fourth-order valence-corrected chi connectivity index (χ4v) is 3.68. The summed E-state index contributed by atoms with van der Waals surface area (Å²) in [5.74, 6) is -0.792. The van der Waals surface area contributed by atoms with E-state index in [0.29, 0.717) is 17.1 Å². The van der Waals surface area contributed by atoms with Gasteiger partial charge in [-0.15, -0.1) is 0 Å². The van der Waals surface area contributed by atoms with E-state index in [9.17, 15) is 20.0 Å². The van der Waals surface area contributed by atoms with Crippen molar-refractivity contribution in [2.45, 2.75) is 32.7 Å². The molecular formula is C24H28N2O5. The Morgan fingerprint density at radius 1 is 1.03 bits per heavy atom. The number of amides is 1. The van der Waals surface area contributed by atoms with Gasteiger partial charge in [-0.2, -0.15) is 5.26 Å². The molecule has 0 spiro atoms. The number of carboxylic acid groups (broad SMARTS) is 1. The summed E-state index contributed by atoms with van der Waals surface area (Å²) in [6.45, 7) is 5.34. The van der Waals surface area contributed by atoms with Crippen LogP contribution in [0.5, 0.6) is 11.5 Å². The van der Waals surface area contributed by atoms with E-state index in [1.54, 1.807) is 18.2 Å². The van der Waals surface area contributed by atoms with Crippen molar-refractivity contribution in [2.75, 3.05) is 20.8 Å². The highest BCUT2D eigenvalue weighted by Gasteiger charge is 2.37. The summed E-state index contributed by atoms with van der Waals surface area (Å²) in [7, 11) is 2.95. The average molecular weight is 424 g/mol. The minimum Gasteiger partial charge on any atom is -0.493 e. The van der Waals surface area contributed by atoms with Gasteiger partial charge < -0.3 is 14.6 Å². The highest BCUT2D eigenvalue weighted by molar-refractivity contribution is 5.92. The summed E-state index contributed by atoms with van der Waals surface area (Å²) >= 11 is 0. The summed E-state index contributed by atoms with van der Waals surface area (Å²) in [5.41, 5.74) is 0.721. The van der Waals surface area contributed by atoms with Gasteiger partial charge in [0.05, 0.1) is 32.9 Å². The van der Waals surface area contributed by atoms with E-state index in [1.165, 1.54) is 14.2 Å². The second kappa shape index (κ2) is 9.98. The first-order valence-electron chi connectivity index (χ1n) is 9.82. The number of benzene rings is 2. The van der Waals surface area contributed by atoms with Gasteiger partial charge in [-0.25, -0.2) is 4.79 Å². The zero-order valence-electron chi connectivity index (χ0n) is 18.5. The monoisotopic (exact) mass is 424 g/mol. The molecule has 0 heterocycles. The Kier molecular flexibility index (Phi) is 7.65. The second-order valence-corrected chi connectivity index (χ2v) is 8.23. The fourth-order valence-electron chi connectivity index (χ4n) is 3.68. The molecule has 2 aromatic carbocycles. The standard InChI is InChI=1S/C24H28N2O5/c1-24(2,3)22(16-9-7-6-8-10-16)26(23(28)29)15-19(27)18(14-25)17-11-12-20(30-4)21(13-17)31-5/h6-13,18,22H,15H2,1-5H3,(H,28,29). The molecule has 2 unspecified atom stereocenters. The van der Waals surface area contributed by atoms with Crippen LogP contribution in [0.1, 0.15) is 43.9 Å². The quantitative estimate of drug-likeness (QED) is 0.662. The number of hydrogen-bond donors (Lipinski definition) is 1. The number of nitriles is 1. The van der Waals surface area contributed by atoms with Gasteiger partial charge in [-0.1, -0.05) is 57.2 Å². The number of ketones is 1. The third kappa shape index (κ3) is 5.54. The SMILES string of the molecule is COc1ccc(C(C#N)C(=O)CN(C(=O)O)C(c2ccccc2)C(C)(C)C)cc1OC. The van der Waals surface area contributed by atoms with Crippen molar-refractivity contribution >= 4 is 11.9 Å². The Morgan fingerprint density at radius 3 is 2.13 bits per heavy atom. The van der Waals surface area contributed by atoms with E-state index in [1.807, 2.05) is 57.2 Å². The van der Waals surface area contributed by atoms with E-state index in [4.69, 9.17) is 9.47 Å². The highest BCUT2D eigenvalue weighted by Crippen LogP contribution is 2.38. The Hall–Kier alpha value is -3.53. The van der Waals surface area contributed by atoms with Crippen LogP contribution in [0.15, 0.2) is 48.5 Å². The molecule has 2 rings (SSSR count). The van der Waals surface area contributed by atoms with Crippen LogP contribution < -0.4 is 9.47 Å². The molecular weight excluding hydrogens is 396 g/mol. The van der Waals surface area contributed by atoms with Crippen LogP contribution in [0.25, 0.3) is 0 Å². The van der Waals surface area contributed by atoms with Crippen LogP contribution in [0.4, 0.5) is 4.79 Å². The van der Waals surface area contributed by atoms with Gasteiger partial charge in [0.1, 0.15) is 5.92 Å². The zero-order valence-corrected chi connectivity index (χ0v) is 18.5. The maximum Gasteiger partial charge on any atom is 0.408 e. The summed E-state index contributed by atoms with van der Waals surface area (Å²) in [4.78, 5) is 26.4. The lowest BCUT2D eigenvalue weighted by Crippen LogP contribution is -2.44. The van der Waals surface area contributed by atoms with E-state index < -0.39 is 35.8 Å². The van der Waals surface area contributed by atoms with E-state index >= 15 is 0 Å². The molecule has 31 heavy (non-hydrogen) atoms. The topological polar surface area (TPSA) is 99.9 Å². The average Bonchev–Trinajstić information content (AvgIpc) is 2.73. The Balaban J connectivity index is 2.40. The van der Waals surface area contributed by atoms with Gasteiger partial charge in [-0.3, -0.25) is 9.69 Å². The predicted octanol–water partition coefficient (Wildman–Crippen LogP) is 4.65. The van der Waals surface area contributed by atoms with Gasteiger partial charge in [0.25, 0.3) is 0 Å². The number of hydrogen-bond acceptors (Lipinski definition) is 5. The first-order chi connectivity index (χ1) is 14.6. The molecule has 7 heteroatoms. The largest absolute Gasteiger partial charge is 0.493 e. The molecule has 164 valence electrons. The van der Waals surface area contributed by atoms with Crippen LogP contribution >= 0.6 is 0 Å². The molecule has 2 aromatic rings. The molecule has 0 aliphatic rings. The number of methoxy groups -OCH3 is 2. The molecule has 1 amide bonds. The predicted molar refractivity (Wildman–Crippen MR) is 116 cm³/mol. The first-order valence-corrected chi connectivity index (χ1v) is 9.82. The number of rotatable bonds is 8. The van der Waals surface area contributed by atoms with Crippen molar-refractivity contribution in [2.24, 2.45) is 5.41 Å². The van der Waals surface area contributed by atoms with Crippen LogP contribution in [0.3, 0.4) is 0 Å². The van der Waals surface area contributed by atoms with E-state index in [0.717, 1.165) is 10.5 Å². The molecule has 0 saturated heterocycles. The van der Waals surface area contributed by atoms with Crippen molar-refractivity contribution in [1.82, 2.24) is 4.90 Å². The van der Waals surface area contributed by atoms with Gasteiger partial charge in [-0.05, 0) is 28.7 Å². The van der Waals surface area contributed by atoms with Gasteiger partial charge in [0.15, 0.2) is 17.3 Å². The molecule has 0 radical (unpaired) electrons. The molecule has 0 aromatic heterocycles. The molecule has 0 aliphatic carbocycles. The maximum atomic E-state index is 13.1. The number of nitrogens with zero attached hydrogens (tertiary/aromatic N) is 2. The number of carbonyl (C=O) groups is 2. The minimum absolute atomic E-state index is 0.389. The fraction of sp³-hybridized carbons (Fsp3) is 0.375. The molecule has 1 N–H and O–H groups in total. The lowest BCUT2D eigenvalue weighted by Gasteiger charge is -2.39. The molecule has 0 fully saturated rings. The summed E-state index contributed by atoms with van der Waals surface area (Å²) < 4.78 is 10.5. The van der Waals surface area contributed by atoms with Gasteiger partial charge >= 0.3 is 6.09 Å². The van der Waals surface area contributed by atoms with E-state index in [2.05, 4.69) is 0 Å². The van der Waals surface area contributed by atoms with Crippen molar-refractivity contribution < 1.29 is 24.2 Å². The number of carbonyl (C=O) groups excluding carboxylic acids is 1. The smallest absolute Gasteiger partial charge is 0.408 e. The maximum absolute atomic E-state index is 13.1. The lowest BCUT2D eigenvalue weighted by molar-refractivity contribution is -0.121. The first kappa shape index (κ1) is 23.7. The van der Waals surface area contributed by atoms with Crippen molar-refractivity contribution in [3.05, 3.63) is 59.7 Å². The summed E-state index contributed by atoms with van der Waals surface area (Å²) in [6.07, 6.45) is -1.22. The third-order valence-electron chi connectivity index (χ3n) is 5.01. The Labute approximate surface area is 182 Å². The summed E-state index contributed by atoms with van der Waals surface area (Å²) in [6, 6.07) is 15.4. The van der Waals surface area contributed by atoms with Crippen LogP contribution in [-0.2, 0) is 4.79 Å². The van der Waals surface area contributed by atoms with Crippen molar-refractivity contribution in [3.63, 3.8) is 0 Å². The van der Waals surface area contributed by atoms with Crippen LogP contribution in [0.2, 0.25) is 0 Å². The zero-order chi connectivity index (χ0) is 23.2. The Bertz CT molecular complexity index is 960. The number of Topliss-reactive ketones (excluding diaryl/α,β-unsaturated/α-hetero) is 1. The van der Waals surface area contributed by atoms with Crippen molar-refractivity contribution in [3.8, 4) is 17.6 Å². The third-order valence-corrected chi connectivity index (χ3v) is 5.01. The minimum atomic E-state index is -1.22. The van der Waals surface area contributed by atoms with Crippen LogP contribution in [-0.4, -0.2) is 42.6 Å². The lowest BCUT2D eigenvalue weighted by atomic mass is 9.81. The van der Waals surface area contributed by atoms with E-state index in [-0.39, 0.29) is 0 Å². The molecule has 0 saturated carbocycles. The van der Waals surface area contributed by atoms with Crippen molar-refractivity contribution in [1.29, 1.82) is 5.26 Å². The van der Waals surface area contributed by atoms with Gasteiger partial charge in [0.2, 0.25) is 0 Å². The summed E-state index contributed by atoms with van der Waals surface area (Å²) in [5, 5.41) is 19.6. The number of ether oxygens (including phenoxy) is 2. The normalized spacial score (nSPS) is 12.9. The second-order valence-electron chi connectivity index (χ2n) is 8.23. The highest BCUT2D eigenvalue weighted by atomic mass is 16.5. The molecule has 0 aliphatic heterocycles. The molecule has 0 bridgehead atoms.